The number of nitrogens with one attached hydrogen (secondary N) is 1. The van der Waals surface area contributed by atoms with E-state index in [1.165, 1.54) is 5.56 Å². The number of hydrogen-bond donors (Lipinski definition) is 1. The van der Waals surface area contributed by atoms with E-state index in [1.54, 1.807) is 10.9 Å². The van der Waals surface area contributed by atoms with E-state index in [2.05, 4.69) is 22.5 Å². The Balaban J connectivity index is 1.85. The molecule has 1 aromatic heterocycles. The molecule has 0 saturated heterocycles. The lowest BCUT2D eigenvalue weighted by atomic mass is 9.98. The molecular weight excluding hydrogens is 298 g/mol. The van der Waals surface area contributed by atoms with E-state index in [0.717, 1.165) is 17.7 Å². The number of nitrogens with zero attached hydrogens (tertiary/aromatic N) is 2. The third kappa shape index (κ3) is 3.54. The second-order valence-corrected chi connectivity index (χ2v) is 5.89. The van der Waals surface area contributed by atoms with Crippen LogP contribution in [-0.2, 0) is 13.5 Å². The molecule has 0 unspecified atom stereocenters. The first kappa shape index (κ1) is 16.0. The molecule has 3 aromatic rings. The van der Waals surface area contributed by atoms with E-state index < -0.39 is 0 Å². The Morgan fingerprint density at radius 1 is 1.08 bits per heavy atom. The van der Waals surface area contributed by atoms with Gasteiger partial charge in [-0.15, -0.1) is 0 Å². The van der Waals surface area contributed by atoms with E-state index in [9.17, 15) is 4.79 Å². The average molecular weight is 319 g/mol. The van der Waals surface area contributed by atoms with Gasteiger partial charge in [0.15, 0.2) is 0 Å². The monoisotopic (exact) mass is 319 g/mol. The van der Waals surface area contributed by atoms with E-state index >= 15 is 0 Å². The molecule has 1 amide bonds. The Labute approximate surface area is 142 Å². The SMILES string of the molecule is Cc1c(C(=O)N[C@@H](Cc2ccccc2)c2ccccc2)cnn1C. The van der Waals surface area contributed by atoms with E-state index in [1.807, 2.05) is 62.5 Å². The number of amides is 1. The lowest BCUT2D eigenvalue weighted by molar-refractivity contribution is 0.0935. The summed E-state index contributed by atoms with van der Waals surface area (Å²) in [6, 6.07) is 20.2. The third-order valence-corrected chi connectivity index (χ3v) is 4.27. The summed E-state index contributed by atoms with van der Waals surface area (Å²) in [5.41, 5.74) is 3.76. The predicted octanol–water partition coefficient (Wildman–Crippen LogP) is 3.44. The van der Waals surface area contributed by atoms with Crippen LogP contribution in [0.1, 0.15) is 33.2 Å². The highest BCUT2D eigenvalue weighted by Gasteiger charge is 2.19. The normalized spacial score (nSPS) is 11.9. The molecule has 3 rings (SSSR count). The molecule has 0 aliphatic rings. The molecule has 0 aliphatic carbocycles. The lowest BCUT2D eigenvalue weighted by Crippen LogP contribution is -2.30. The Bertz CT molecular complexity index is 809. The number of aryl methyl sites for hydroxylation is 1. The smallest absolute Gasteiger partial charge is 0.255 e. The van der Waals surface area contributed by atoms with Gasteiger partial charge in [-0.25, -0.2) is 0 Å². The van der Waals surface area contributed by atoms with E-state index in [4.69, 9.17) is 0 Å². The number of carbonyl (C=O) groups excluding carboxylic acids is 1. The minimum Gasteiger partial charge on any atom is -0.345 e. The molecule has 122 valence electrons. The Hall–Kier alpha value is -2.88. The highest BCUT2D eigenvalue weighted by atomic mass is 16.1. The van der Waals surface area contributed by atoms with Gasteiger partial charge in [0.05, 0.1) is 17.8 Å². The zero-order valence-electron chi connectivity index (χ0n) is 13.9. The Morgan fingerprint density at radius 2 is 1.71 bits per heavy atom. The van der Waals surface area contributed by atoms with Crippen molar-refractivity contribution in [3.8, 4) is 0 Å². The van der Waals surface area contributed by atoms with Gasteiger partial charge in [-0.2, -0.15) is 5.10 Å². The molecule has 24 heavy (non-hydrogen) atoms. The fourth-order valence-corrected chi connectivity index (χ4v) is 2.74. The van der Waals surface area contributed by atoms with Crippen molar-refractivity contribution < 1.29 is 4.79 Å². The van der Waals surface area contributed by atoms with Crippen LogP contribution in [0.4, 0.5) is 0 Å². The molecule has 0 radical (unpaired) electrons. The molecule has 0 bridgehead atoms. The maximum Gasteiger partial charge on any atom is 0.255 e. The molecule has 0 aliphatic heterocycles. The number of carbonyl (C=O) groups is 1. The van der Waals surface area contributed by atoms with Gasteiger partial charge in [0.2, 0.25) is 0 Å². The van der Waals surface area contributed by atoms with E-state index in [-0.39, 0.29) is 11.9 Å². The second kappa shape index (κ2) is 7.13. The molecule has 2 aromatic carbocycles. The number of hydrogen-bond acceptors (Lipinski definition) is 2. The van der Waals surface area contributed by atoms with Gasteiger partial charge in [-0.05, 0) is 24.5 Å². The fraction of sp³-hybridized carbons (Fsp3) is 0.200. The van der Waals surface area contributed by atoms with Crippen molar-refractivity contribution in [1.29, 1.82) is 0 Å². The van der Waals surface area contributed by atoms with Crippen LogP contribution in [0.25, 0.3) is 0 Å². The van der Waals surface area contributed by atoms with Gasteiger partial charge in [-0.1, -0.05) is 60.7 Å². The van der Waals surface area contributed by atoms with Crippen molar-refractivity contribution in [2.75, 3.05) is 0 Å². The Kier molecular flexibility index (Phi) is 4.75. The van der Waals surface area contributed by atoms with Crippen LogP contribution in [0.2, 0.25) is 0 Å². The van der Waals surface area contributed by atoms with Crippen molar-refractivity contribution in [2.45, 2.75) is 19.4 Å². The summed E-state index contributed by atoms with van der Waals surface area (Å²) in [6.07, 6.45) is 2.37. The summed E-state index contributed by atoms with van der Waals surface area (Å²) in [7, 11) is 1.84. The highest BCUT2D eigenvalue weighted by Crippen LogP contribution is 2.19. The first-order valence-corrected chi connectivity index (χ1v) is 8.03. The molecule has 0 spiro atoms. The molecule has 1 heterocycles. The molecule has 4 heteroatoms. The van der Waals surface area contributed by atoms with Crippen LogP contribution in [-0.4, -0.2) is 15.7 Å². The zero-order valence-corrected chi connectivity index (χ0v) is 13.9. The van der Waals surface area contributed by atoms with Crippen LogP contribution in [0.15, 0.2) is 66.9 Å². The standard InChI is InChI=1S/C20H21N3O/c1-15-18(14-21-23(15)2)20(24)22-19(17-11-7-4-8-12-17)13-16-9-5-3-6-10-16/h3-12,14,19H,13H2,1-2H3,(H,22,24)/t19-/m0/s1. The minimum absolute atomic E-state index is 0.0827. The van der Waals surface area contributed by atoms with Crippen molar-refractivity contribution in [3.63, 3.8) is 0 Å². The maximum atomic E-state index is 12.7. The summed E-state index contributed by atoms with van der Waals surface area (Å²) in [4.78, 5) is 12.7. The molecule has 0 fully saturated rings. The number of rotatable bonds is 5. The van der Waals surface area contributed by atoms with E-state index in [0.29, 0.717) is 5.56 Å². The van der Waals surface area contributed by atoms with Crippen molar-refractivity contribution in [2.24, 2.45) is 7.05 Å². The van der Waals surface area contributed by atoms with Gasteiger partial charge >= 0.3 is 0 Å². The van der Waals surface area contributed by atoms with Crippen LogP contribution in [0.3, 0.4) is 0 Å². The van der Waals surface area contributed by atoms with Gasteiger partial charge in [-0.3, -0.25) is 9.48 Å². The summed E-state index contributed by atoms with van der Waals surface area (Å²) >= 11 is 0. The van der Waals surface area contributed by atoms with Crippen LogP contribution >= 0.6 is 0 Å². The molecule has 4 nitrogen and oxygen atoms in total. The van der Waals surface area contributed by atoms with Crippen molar-refractivity contribution >= 4 is 5.91 Å². The fourth-order valence-electron chi connectivity index (χ4n) is 2.74. The third-order valence-electron chi connectivity index (χ3n) is 4.27. The summed E-state index contributed by atoms with van der Waals surface area (Å²) in [5.74, 6) is -0.0922. The minimum atomic E-state index is -0.0922. The number of benzene rings is 2. The van der Waals surface area contributed by atoms with Gasteiger partial charge in [0, 0.05) is 12.7 Å². The largest absolute Gasteiger partial charge is 0.345 e. The zero-order chi connectivity index (χ0) is 16.9. The average Bonchev–Trinajstić information content (AvgIpc) is 2.95. The van der Waals surface area contributed by atoms with Crippen LogP contribution in [0, 0.1) is 6.92 Å². The second-order valence-electron chi connectivity index (χ2n) is 5.89. The molecule has 1 atom stereocenters. The quantitative estimate of drug-likeness (QED) is 0.783. The predicted molar refractivity (Wildman–Crippen MR) is 94.7 cm³/mol. The topological polar surface area (TPSA) is 46.9 Å². The maximum absolute atomic E-state index is 12.7. The summed E-state index contributed by atoms with van der Waals surface area (Å²) in [6.45, 7) is 1.90. The Morgan fingerprint density at radius 3 is 2.29 bits per heavy atom. The highest BCUT2D eigenvalue weighted by molar-refractivity contribution is 5.95. The van der Waals surface area contributed by atoms with Crippen LogP contribution in [0.5, 0.6) is 0 Å². The van der Waals surface area contributed by atoms with Gasteiger partial charge in [0.25, 0.3) is 5.91 Å². The van der Waals surface area contributed by atoms with Crippen LogP contribution < -0.4 is 5.32 Å². The molecule has 0 saturated carbocycles. The van der Waals surface area contributed by atoms with Gasteiger partial charge in [0.1, 0.15) is 0 Å². The van der Waals surface area contributed by atoms with Gasteiger partial charge < -0.3 is 5.32 Å². The van der Waals surface area contributed by atoms with Crippen molar-refractivity contribution in [3.05, 3.63) is 89.2 Å². The van der Waals surface area contributed by atoms with Crippen molar-refractivity contribution in [1.82, 2.24) is 15.1 Å². The molecule has 1 N–H and O–H groups in total. The summed E-state index contributed by atoms with van der Waals surface area (Å²) < 4.78 is 1.71. The summed E-state index contributed by atoms with van der Waals surface area (Å²) in [5, 5.41) is 7.32. The first-order valence-electron chi connectivity index (χ1n) is 8.03. The molecular formula is C20H21N3O. The first-order chi connectivity index (χ1) is 11.6. The lowest BCUT2D eigenvalue weighted by Gasteiger charge is -2.19. The number of aromatic nitrogens is 2.